The first-order chi connectivity index (χ1) is 13.5. The molecule has 0 bridgehead atoms. The summed E-state index contributed by atoms with van der Waals surface area (Å²) in [5.41, 5.74) is 2.68. The molecule has 2 heterocycles. The zero-order chi connectivity index (χ0) is 19.7. The van der Waals surface area contributed by atoms with Gasteiger partial charge in [-0.05, 0) is 36.6 Å². The van der Waals surface area contributed by atoms with Crippen LogP contribution in [0.3, 0.4) is 0 Å². The summed E-state index contributed by atoms with van der Waals surface area (Å²) in [6, 6.07) is 14.7. The van der Waals surface area contributed by atoms with Gasteiger partial charge < -0.3 is 4.90 Å². The van der Waals surface area contributed by atoms with Crippen molar-refractivity contribution in [2.24, 2.45) is 4.99 Å². The lowest BCUT2D eigenvalue weighted by Gasteiger charge is -2.26. The highest BCUT2D eigenvalue weighted by atomic mass is 32.2. The maximum Gasteiger partial charge on any atom is 0.244 e. The second kappa shape index (κ2) is 7.48. The van der Waals surface area contributed by atoms with E-state index in [1.54, 1.807) is 22.5 Å². The van der Waals surface area contributed by atoms with Crippen molar-refractivity contribution in [3.63, 3.8) is 0 Å². The third-order valence-corrected chi connectivity index (χ3v) is 7.08. The van der Waals surface area contributed by atoms with Gasteiger partial charge >= 0.3 is 0 Å². The molecule has 0 aromatic heterocycles. The van der Waals surface area contributed by atoms with Crippen molar-refractivity contribution in [2.45, 2.75) is 37.6 Å². The number of nitrogens with zero attached hydrogens (tertiary/aromatic N) is 3. The Morgan fingerprint density at radius 3 is 2.50 bits per heavy atom. The lowest BCUT2D eigenvalue weighted by Crippen LogP contribution is -2.35. The highest BCUT2D eigenvalue weighted by Crippen LogP contribution is 2.31. The fourth-order valence-electron chi connectivity index (χ4n) is 3.82. The maximum absolute atomic E-state index is 13.1. The Hall–Kier alpha value is -2.51. The maximum atomic E-state index is 13.1. The number of carbonyl (C=O) groups excluding carboxylic acids is 1. The number of hydrogen-bond donors (Lipinski definition) is 0. The largest absolute Gasteiger partial charge is 0.321 e. The molecule has 0 aliphatic carbocycles. The van der Waals surface area contributed by atoms with E-state index < -0.39 is 10.0 Å². The van der Waals surface area contributed by atoms with Gasteiger partial charge in [-0.25, -0.2) is 8.42 Å². The third-order valence-electron chi connectivity index (χ3n) is 5.19. The van der Waals surface area contributed by atoms with Crippen molar-refractivity contribution < 1.29 is 13.2 Å². The fraction of sp³-hybridized carbons (Fsp3) is 0.333. The first kappa shape index (κ1) is 18.8. The van der Waals surface area contributed by atoms with Crippen molar-refractivity contribution in [1.82, 2.24) is 4.31 Å². The number of sulfonamides is 1. The minimum Gasteiger partial charge on any atom is -0.321 e. The van der Waals surface area contributed by atoms with E-state index in [0.717, 1.165) is 30.4 Å². The van der Waals surface area contributed by atoms with E-state index in [1.807, 2.05) is 35.2 Å². The summed E-state index contributed by atoms with van der Waals surface area (Å²) < 4.78 is 27.7. The quantitative estimate of drug-likeness (QED) is 0.798. The summed E-state index contributed by atoms with van der Waals surface area (Å²) in [6.07, 6.45) is 2.87. The number of benzene rings is 2. The minimum absolute atomic E-state index is 0.282. The first-order valence-corrected chi connectivity index (χ1v) is 11.0. The molecule has 6 nitrogen and oxygen atoms in total. The zero-order valence-electron chi connectivity index (χ0n) is 15.8. The molecule has 0 radical (unpaired) electrons. The summed E-state index contributed by atoms with van der Waals surface area (Å²) >= 11 is 0. The number of aliphatic imine (C=N–C) groups is 1. The standard InChI is InChI=1S/C21H23N3O3S/c1-16(25)22-21-20-11-4-3-8-17(20)15-24(21)18-9-7-10-19(14-18)28(26,27)23-12-5-2-6-13-23/h3-4,7-11,14H,2,5-6,12-13,15H2,1H3. The van der Waals surface area contributed by atoms with Gasteiger partial charge in [-0.2, -0.15) is 9.30 Å². The lowest BCUT2D eigenvalue weighted by atomic mass is 10.1. The molecule has 28 heavy (non-hydrogen) atoms. The van der Waals surface area contributed by atoms with E-state index in [2.05, 4.69) is 4.99 Å². The molecule has 1 amide bonds. The fourth-order valence-corrected chi connectivity index (χ4v) is 5.37. The van der Waals surface area contributed by atoms with Crippen LogP contribution < -0.4 is 4.90 Å². The summed E-state index contributed by atoms with van der Waals surface area (Å²) in [5, 5.41) is 0. The number of fused-ring (bicyclic) bond motifs is 1. The van der Waals surface area contributed by atoms with E-state index in [4.69, 9.17) is 0 Å². The van der Waals surface area contributed by atoms with Crippen molar-refractivity contribution in [3.8, 4) is 0 Å². The molecular weight excluding hydrogens is 374 g/mol. The summed E-state index contributed by atoms with van der Waals surface area (Å²) in [4.78, 5) is 18.1. The lowest BCUT2D eigenvalue weighted by molar-refractivity contribution is -0.115. The summed E-state index contributed by atoms with van der Waals surface area (Å²) in [5.74, 6) is 0.282. The first-order valence-electron chi connectivity index (χ1n) is 9.52. The molecule has 0 spiro atoms. The molecule has 0 N–H and O–H groups in total. The Labute approximate surface area is 165 Å². The molecule has 2 aliphatic rings. The number of amides is 1. The molecule has 1 fully saturated rings. The van der Waals surface area contributed by atoms with Crippen LogP contribution in [-0.2, 0) is 21.4 Å². The number of carbonyl (C=O) groups is 1. The van der Waals surface area contributed by atoms with Gasteiger partial charge in [0.15, 0.2) is 0 Å². The number of rotatable bonds is 3. The van der Waals surface area contributed by atoms with Crippen LogP contribution in [0.5, 0.6) is 0 Å². The van der Waals surface area contributed by atoms with Crippen LogP contribution in [0.15, 0.2) is 58.4 Å². The molecule has 0 unspecified atom stereocenters. The Morgan fingerprint density at radius 2 is 1.75 bits per heavy atom. The smallest absolute Gasteiger partial charge is 0.244 e. The number of hydrogen-bond acceptors (Lipinski definition) is 3. The van der Waals surface area contributed by atoms with Crippen LogP contribution in [0, 0.1) is 0 Å². The van der Waals surface area contributed by atoms with Gasteiger partial charge in [-0.1, -0.05) is 36.8 Å². The van der Waals surface area contributed by atoms with Gasteiger partial charge in [0.25, 0.3) is 0 Å². The SMILES string of the molecule is CC(=O)N=C1c2ccccc2CN1c1cccc(S(=O)(=O)N2CCCCC2)c1. The Bertz CT molecular complexity index is 1040. The van der Waals surface area contributed by atoms with Gasteiger partial charge in [-0.3, -0.25) is 4.79 Å². The number of amidine groups is 1. The van der Waals surface area contributed by atoms with Crippen LogP contribution in [0.25, 0.3) is 0 Å². The van der Waals surface area contributed by atoms with Crippen molar-refractivity contribution in [1.29, 1.82) is 0 Å². The highest BCUT2D eigenvalue weighted by molar-refractivity contribution is 7.89. The third kappa shape index (κ3) is 3.47. The minimum atomic E-state index is -3.52. The van der Waals surface area contributed by atoms with Crippen LogP contribution in [0.1, 0.15) is 37.3 Å². The van der Waals surface area contributed by atoms with Gasteiger partial charge in [0, 0.05) is 31.3 Å². The predicted octanol–water partition coefficient (Wildman–Crippen LogP) is 3.17. The average molecular weight is 398 g/mol. The molecular formula is C21H23N3O3S. The van der Waals surface area contributed by atoms with Crippen LogP contribution in [0.4, 0.5) is 5.69 Å². The van der Waals surface area contributed by atoms with Crippen LogP contribution >= 0.6 is 0 Å². The van der Waals surface area contributed by atoms with Crippen molar-refractivity contribution >= 4 is 27.5 Å². The predicted molar refractivity (Wildman–Crippen MR) is 109 cm³/mol. The summed E-state index contributed by atoms with van der Waals surface area (Å²) in [6.45, 7) is 3.11. The average Bonchev–Trinajstić information content (AvgIpc) is 3.07. The molecule has 2 aliphatic heterocycles. The molecule has 7 heteroatoms. The number of anilines is 1. The Balaban J connectivity index is 1.72. The van der Waals surface area contributed by atoms with Crippen molar-refractivity contribution in [2.75, 3.05) is 18.0 Å². The van der Waals surface area contributed by atoms with E-state index in [9.17, 15) is 13.2 Å². The molecule has 0 atom stereocenters. The molecule has 2 aromatic rings. The van der Waals surface area contributed by atoms with E-state index in [1.165, 1.54) is 6.92 Å². The monoisotopic (exact) mass is 397 g/mol. The molecule has 4 rings (SSSR count). The second-order valence-corrected chi connectivity index (χ2v) is 9.10. The Kier molecular flexibility index (Phi) is 5.03. The molecule has 146 valence electrons. The van der Waals surface area contributed by atoms with E-state index >= 15 is 0 Å². The van der Waals surface area contributed by atoms with Gasteiger partial charge in [0.1, 0.15) is 5.84 Å². The molecule has 2 aromatic carbocycles. The van der Waals surface area contributed by atoms with Gasteiger partial charge in [0.05, 0.1) is 11.4 Å². The van der Waals surface area contributed by atoms with Gasteiger partial charge in [0.2, 0.25) is 15.9 Å². The second-order valence-electron chi connectivity index (χ2n) is 7.16. The Morgan fingerprint density at radius 1 is 1.00 bits per heavy atom. The highest BCUT2D eigenvalue weighted by Gasteiger charge is 2.30. The topological polar surface area (TPSA) is 70.0 Å². The van der Waals surface area contributed by atoms with Gasteiger partial charge in [-0.15, -0.1) is 0 Å². The van der Waals surface area contributed by atoms with Crippen LogP contribution in [-0.4, -0.2) is 37.6 Å². The van der Waals surface area contributed by atoms with E-state index in [0.29, 0.717) is 31.2 Å². The van der Waals surface area contributed by atoms with Crippen molar-refractivity contribution in [3.05, 3.63) is 59.7 Å². The normalized spacial score (nSPS) is 19.0. The summed E-state index contributed by atoms with van der Waals surface area (Å²) in [7, 11) is -3.52. The molecule has 0 saturated carbocycles. The molecule has 1 saturated heterocycles. The number of piperidine rings is 1. The van der Waals surface area contributed by atoms with E-state index in [-0.39, 0.29) is 10.8 Å². The zero-order valence-corrected chi connectivity index (χ0v) is 16.7. The van der Waals surface area contributed by atoms with Crippen LogP contribution in [0.2, 0.25) is 0 Å².